The number of benzene rings is 1. The summed E-state index contributed by atoms with van der Waals surface area (Å²) in [6, 6.07) is 5.12. The van der Waals surface area contributed by atoms with Gasteiger partial charge in [0.2, 0.25) is 0 Å². The Morgan fingerprint density at radius 1 is 1.53 bits per heavy atom. The molecular formula is C13H15N3O2S. The third kappa shape index (κ3) is 3.03. The number of aromatic nitrogens is 1. The number of carbonyl (C=O) groups excluding carboxylic acids is 1. The number of hydrogen-bond acceptors (Lipinski definition) is 5. The lowest BCUT2D eigenvalue weighted by molar-refractivity contribution is 0.0949. The number of aryl methyl sites for hydroxylation is 1. The maximum atomic E-state index is 12.1. The highest BCUT2D eigenvalue weighted by Gasteiger charge is 2.15. The van der Waals surface area contributed by atoms with Crippen LogP contribution in [0.4, 0.5) is 5.69 Å². The zero-order valence-corrected chi connectivity index (χ0v) is 11.6. The number of thiazole rings is 1. The van der Waals surface area contributed by atoms with Gasteiger partial charge in [0.15, 0.2) is 0 Å². The first-order valence-electron chi connectivity index (χ1n) is 5.74. The van der Waals surface area contributed by atoms with Crippen LogP contribution in [-0.2, 0) is 6.54 Å². The predicted octanol–water partition coefficient (Wildman–Crippen LogP) is 1.97. The van der Waals surface area contributed by atoms with Gasteiger partial charge in [-0.2, -0.15) is 0 Å². The topological polar surface area (TPSA) is 77.2 Å². The molecule has 0 fully saturated rings. The van der Waals surface area contributed by atoms with Gasteiger partial charge in [-0.3, -0.25) is 4.79 Å². The molecule has 0 spiro atoms. The summed E-state index contributed by atoms with van der Waals surface area (Å²) in [5.74, 6) is 0.204. The number of nitrogens with two attached hydrogens (primary N) is 1. The monoisotopic (exact) mass is 277 g/mol. The second kappa shape index (κ2) is 5.71. The summed E-state index contributed by atoms with van der Waals surface area (Å²) in [5.41, 5.74) is 6.57. The second-order valence-electron chi connectivity index (χ2n) is 3.97. The van der Waals surface area contributed by atoms with Crippen LogP contribution in [0, 0.1) is 6.92 Å². The van der Waals surface area contributed by atoms with E-state index in [0.29, 0.717) is 23.5 Å². The number of nitrogen functional groups attached to an aromatic ring is 1. The van der Waals surface area contributed by atoms with E-state index in [1.807, 2.05) is 6.92 Å². The van der Waals surface area contributed by atoms with Crippen molar-refractivity contribution in [3.63, 3.8) is 0 Å². The second-order valence-corrected chi connectivity index (χ2v) is 5.29. The lowest BCUT2D eigenvalue weighted by atomic mass is 10.1. The highest BCUT2D eigenvalue weighted by Crippen LogP contribution is 2.24. The van der Waals surface area contributed by atoms with E-state index < -0.39 is 0 Å². The van der Waals surface area contributed by atoms with Gasteiger partial charge in [-0.15, -0.1) is 11.3 Å². The molecule has 0 saturated carbocycles. The van der Waals surface area contributed by atoms with Crippen LogP contribution in [0.25, 0.3) is 0 Å². The maximum Gasteiger partial charge on any atom is 0.257 e. The predicted molar refractivity (Wildman–Crippen MR) is 75.4 cm³/mol. The Morgan fingerprint density at radius 3 is 2.95 bits per heavy atom. The van der Waals surface area contributed by atoms with E-state index in [-0.39, 0.29) is 5.91 Å². The van der Waals surface area contributed by atoms with Crippen LogP contribution < -0.4 is 15.8 Å². The molecule has 0 aliphatic heterocycles. The smallest absolute Gasteiger partial charge is 0.257 e. The number of nitrogens with one attached hydrogen (secondary N) is 1. The molecule has 19 heavy (non-hydrogen) atoms. The van der Waals surface area contributed by atoms with Crippen LogP contribution in [0.3, 0.4) is 0 Å². The molecular weight excluding hydrogens is 262 g/mol. The van der Waals surface area contributed by atoms with Crippen LogP contribution in [0.1, 0.15) is 20.2 Å². The van der Waals surface area contributed by atoms with Crippen molar-refractivity contribution in [1.29, 1.82) is 0 Å². The molecule has 0 radical (unpaired) electrons. The summed E-state index contributed by atoms with van der Waals surface area (Å²) in [6.07, 6.45) is 1.78. The van der Waals surface area contributed by atoms with E-state index >= 15 is 0 Å². The van der Waals surface area contributed by atoms with Crippen molar-refractivity contribution < 1.29 is 9.53 Å². The Hall–Kier alpha value is -2.08. The first-order chi connectivity index (χ1) is 9.11. The minimum Gasteiger partial charge on any atom is -0.496 e. The Kier molecular flexibility index (Phi) is 4.01. The molecule has 0 bridgehead atoms. The molecule has 0 atom stereocenters. The van der Waals surface area contributed by atoms with Gasteiger partial charge < -0.3 is 15.8 Å². The zero-order valence-electron chi connectivity index (χ0n) is 10.8. The molecule has 5 nitrogen and oxygen atoms in total. The Balaban J connectivity index is 2.12. The van der Waals surface area contributed by atoms with Crippen molar-refractivity contribution in [2.45, 2.75) is 13.5 Å². The molecule has 3 N–H and O–H groups in total. The Morgan fingerprint density at radius 2 is 2.32 bits per heavy atom. The average Bonchev–Trinajstić information content (AvgIpc) is 2.81. The SMILES string of the molecule is COc1cccc(N)c1C(=O)NCc1ncc(C)s1. The van der Waals surface area contributed by atoms with E-state index in [4.69, 9.17) is 10.5 Å². The number of methoxy groups -OCH3 is 1. The third-order valence-electron chi connectivity index (χ3n) is 2.57. The van der Waals surface area contributed by atoms with Crippen molar-refractivity contribution in [1.82, 2.24) is 10.3 Å². The lowest BCUT2D eigenvalue weighted by Crippen LogP contribution is -2.24. The van der Waals surface area contributed by atoms with Crippen LogP contribution >= 0.6 is 11.3 Å². The van der Waals surface area contributed by atoms with Gasteiger partial charge in [-0.25, -0.2) is 4.98 Å². The van der Waals surface area contributed by atoms with E-state index in [1.165, 1.54) is 7.11 Å². The fourth-order valence-electron chi connectivity index (χ4n) is 1.69. The standard InChI is InChI=1S/C13H15N3O2S/c1-8-6-15-11(19-8)7-16-13(17)12-9(14)4-3-5-10(12)18-2/h3-6H,7,14H2,1-2H3,(H,16,17). The molecule has 2 rings (SSSR count). The van der Waals surface area contributed by atoms with Gasteiger partial charge >= 0.3 is 0 Å². The van der Waals surface area contributed by atoms with Gasteiger partial charge in [0.1, 0.15) is 16.3 Å². The summed E-state index contributed by atoms with van der Waals surface area (Å²) in [6.45, 7) is 2.36. The largest absolute Gasteiger partial charge is 0.496 e. The van der Waals surface area contributed by atoms with Crippen LogP contribution in [0.2, 0.25) is 0 Å². The number of nitrogens with zero attached hydrogens (tertiary/aromatic N) is 1. The number of anilines is 1. The summed E-state index contributed by atoms with van der Waals surface area (Å²) in [4.78, 5) is 17.4. The average molecular weight is 277 g/mol. The number of rotatable bonds is 4. The first-order valence-corrected chi connectivity index (χ1v) is 6.55. The molecule has 2 aromatic rings. The molecule has 100 valence electrons. The van der Waals surface area contributed by atoms with Crippen molar-refractivity contribution in [3.05, 3.63) is 39.8 Å². The van der Waals surface area contributed by atoms with E-state index in [0.717, 1.165) is 9.88 Å². The highest BCUT2D eigenvalue weighted by molar-refractivity contribution is 7.11. The zero-order chi connectivity index (χ0) is 13.8. The van der Waals surface area contributed by atoms with E-state index in [1.54, 1.807) is 35.7 Å². The van der Waals surface area contributed by atoms with Gasteiger partial charge in [0, 0.05) is 16.8 Å². The molecule has 0 saturated heterocycles. The van der Waals surface area contributed by atoms with Gasteiger partial charge in [0.25, 0.3) is 5.91 Å². The van der Waals surface area contributed by atoms with Crippen LogP contribution in [0.5, 0.6) is 5.75 Å². The minimum absolute atomic E-state index is 0.261. The summed E-state index contributed by atoms with van der Waals surface area (Å²) in [5, 5.41) is 3.65. The maximum absolute atomic E-state index is 12.1. The normalized spacial score (nSPS) is 10.2. The van der Waals surface area contributed by atoms with Crippen molar-refractivity contribution in [2.75, 3.05) is 12.8 Å². The molecule has 1 aromatic carbocycles. The van der Waals surface area contributed by atoms with Crippen molar-refractivity contribution in [2.24, 2.45) is 0 Å². The number of carbonyl (C=O) groups is 1. The van der Waals surface area contributed by atoms with Gasteiger partial charge in [0.05, 0.1) is 13.7 Å². The summed E-state index contributed by atoms with van der Waals surface area (Å²) in [7, 11) is 1.51. The molecule has 6 heteroatoms. The Labute approximate surface area is 115 Å². The van der Waals surface area contributed by atoms with Crippen molar-refractivity contribution in [3.8, 4) is 5.75 Å². The number of ether oxygens (including phenoxy) is 1. The Bertz CT molecular complexity index is 595. The summed E-state index contributed by atoms with van der Waals surface area (Å²) >= 11 is 1.55. The fraction of sp³-hybridized carbons (Fsp3) is 0.231. The molecule has 0 aliphatic carbocycles. The van der Waals surface area contributed by atoms with Gasteiger partial charge in [-0.05, 0) is 19.1 Å². The van der Waals surface area contributed by atoms with E-state index in [9.17, 15) is 4.79 Å². The molecule has 0 aliphatic rings. The van der Waals surface area contributed by atoms with Crippen LogP contribution in [0.15, 0.2) is 24.4 Å². The van der Waals surface area contributed by atoms with Crippen molar-refractivity contribution >= 4 is 22.9 Å². The molecule has 1 aromatic heterocycles. The van der Waals surface area contributed by atoms with Crippen LogP contribution in [-0.4, -0.2) is 18.0 Å². The minimum atomic E-state index is -0.261. The quantitative estimate of drug-likeness (QED) is 0.838. The summed E-state index contributed by atoms with van der Waals surface area (Å²) < 4.78 is 5.15. The fourth-order valence-corrected chi connectivity index (χ4v) is 2.42. The molecule has 1 amide bonds. The highest BCUT2D eigenvalue weighted by atomic mass is 32.1. The first kappa shape index (κ1) is 13.4. The number of hydrogen-bond donors (Lipinski definition) is 2. The third-order valence-corrected chi connectivity index (χ3v) is 3.49. The molecule has 0 unspecified atom stereocenters. The number of amides is 1. The lowest BCUT2D eigenvalue weighted by Gasteiger charge is -2.10. The van der Waals surface area contributed by atoms with E-state index in [2.05, 4.69) is 10.3 Å². The molecule has 1 heterocycles. The van der Waals surface area contributed by atoms with Gasteiger partial charge in [-0.1, -0.05) is 6.07 Å².